The SMILES string of the molecule is CC(=O)Nc1nc(C(F)(F)F)c(C(=O)CBr)s1. The molecule has 1 aromatic heterocycles. The third-order valence-corrected chi connectivity index (χ3v) is 3.07. The zero-order valence-electron chi connectivity index (χ0n) is 8.39. The lowest BCUT2D eigenvalue weighted by Gasteiger charge is -2.03. The molecule has 0 saturated heterocycles. The first kappa shape index (κ1) is 14.1. The van der Waals surface area contributed by atoms with Gasteiger partial charge in [-0.15, -0.1) is 0 Å². The highest BCUT2D eigenvalue weighted by molar-refractivity contribution is 9.09. The zero-order valence-corrected chi connectivity index (χ0v) is 10.8. The summed E-state index contributed by atoms with van der Waals surface area (Å²) in [5, 5.41) is 1.64. The fourth-order valence-electron chi connectivity index (χ4n) is 0.966. The predicted molar refractivity (Wildman–Crippen MR) is 59.5 cm³/mol. The molecule has 9 heteroatoms. The number of nitrogens with one attached hydrogen (secondary N) is 1. The van der Waals surface area contributed by atoms with E-state index in [-0.39, 0.29) is 10.5 Å². The molecule has 1 heterocycles. The van der Waals surface area contributed by atoms with Gasteiger partial charge in [0.05, 0.1) is 5.33 Å². The van der Waals surface area contributed by atoms with Crippen molar-refractivity contribution in [2.24, 2.45) is 0 Å². The van der Waals surface area contributed by atoms with Crippen molar-refractivity contribution < 1.29 is 22.8 Å². The molecule has 17 heavy (non-hydrogen) atoms. The summed E-state index contributed by atoms with van der Waals surface area (Å²) in [6.45, 7) is 1.14. The fourth-order valence-corrected chi connectivity index (χ4v) is 2.40. The van der Waals surface area contributed by atoms with Gasteiger partial charge in [0.2, 0.25) is 5.91 Å². The maximum absolute atomic E-state index is 12.6. The molecule has 0 unspecified atom stereocenters. The number of nitrogens with zero attached hydrogens (tertiary/aromatic N) is 1. The molecule has 0 radical (unpaired) electrons. The number of ketones is 1. The van der Waals surface area contributed by atoms with E-state index in [4.69, 9.17) is 0 Å². The number of rotatable bonds is 3. The van der Waals surface area contributed by atoms with Crippen LogP contribution in [-0.4, -0.2) is 22.0 Å². The van der Waals surface area contributed by atoms with Gasteiger partial charge in [0, 0.05) is 6.92 Å². The second kappa shape index (κ2) is 5.13. The Hall–Kier alpha value is -0.960. The van der Waals surface area contributed by atoms with Crippen LogP contribution in [0, 0.1) is 0 Å². The number of hydrogen-bond acceptors (Lipinski definition) is 4. The van der Waals surface area contributed by atoms with Gasteiger partial charge >= 0.3 is 6.18 Å². The average Bonchev–Trinajstić information content (AvgIpc) is 2.59. The molecule has 94 valence electrons. The number of alkyl halides is 4. The summed E-state index contributed by atoms with van der Waals surface area (Å²) < 4.78 is 37.7. The molecule has 4 nitrogen and oxygen atoms in total. The van der Waals surface area contributed by atoms with Crippen LogP contribution in [0.3, 0.4) is 0 Å². The smallest absolute Gasteiger partial charge is 0.302 e. The maximum atomic E-state index is 12.6. The van der Waals surface area contributed by atoms with E-state index < -0.39 is 28.4 Å². The van der Waals surface area contributed by atoms with E-state index in [1.165, 1.54) is 0 Å². The van der Waals surface area contributed by atoms with Gasteiger partial charge in [-0.05, 0) is 0 Å². The molecule has 0 aliphatic rings. The van der Waals surface area contributed by atoms with Gasteiger partial charge in [-0.25, -0.2) is 4.98 Å². The van der Waals surface area contributed by atoms with Crippen molar-refractivity contribution in [1.29, 1.82) is 0 Å². The van der Waals surface area contributed by atoms with E-state index in [0.717, 1.165) is 6.92 Å². The number of amides is 1. The summed E-state index contributed by atoms with van der Waals surface area (Å²) in [4.78, 5) is 24.7. The Kier molecular flexibility index (Phi) is 4.26. The van der Waals surface area contributed by atoms with E-state index in [0.29, 0.717) is 11.3 Å². The average molecular weight is 331 g/mol. The molecule has 1 rings (SSSR count). The van der Waals surface area contributed by atoms with Gasteiger partial charge in [-0.1, -0.05) is 27.3 Å². The summed E-state index contributed by atoms with van der Waals surface area (Å²) in [6.07, 6.45) is -4.72. The standard InChI is InChI=1S/C8H6BrF3N2O2S/c1-3(15)13-7-14-6(8(10,11)12)5(17-7)4(16)2-9/h2H2,1H3,(H,13,14,15). The summed E-state index contributed by atoms with van der Waals surface area (Å²) in [6, 6.07) is 0. The maximum Gasteiger partial charge on any atom is 0.435 e. The number of halogens is 4. The quantitative estimate of drug-likeness (QED) is 0.684. The van der Waals surface area contributed by atoms with Crippen molar-refractivity contribution in [1.82, 2.24) is 4.98 Å². The third kappa shape index (κ3) is 3.50. The molecule has 0 fully saturated rings. The Bertz CT molecular complexity index is 458. The van der Waals surface area contributed by atoms with Crippen molar-refractivity contribution in [2.75, 3.05) is 10.6 Å². The highest BCUT2D eigenvalue weighted by Crippen LogP contribution is 2.36. The minimum absolute atomic E-state index is 0.238. The Morgan fingerprint density at radius 1 is 1.47 bits per heavy atom. The van der Waals surface area contributed by atoms with Crippen molar-refractivity contribution in [3.63, 3.8) is 0 Å². The Balaban J connectivity index is 3.21. The number of carbonyl (C=O) groups is 2. The summed E-state index contributed by atoms with van der Waals surface area (Å²) in [5.41, 5.74) is -1.27. The van der Waals surface area contributed by atoms with E-state index in [1.54, 1.807) is 0 Å². The van der Waals surface area contributed by atoms with Gasteiger partial charge in [0.1, 0.15) is 4.88 Å². The molecule has 1 amide bonds. The van der Waals surface area contributed by atoms with Crippen LogP contribution in [0.5, 0.6) is 0 Å². The first-order valence-electron chi connectivity index (χ1n) is 4.20. The number of thiazole rings is 1. The number of aromatic nitrogens is 1. The highest BCUT2D eigenvalue weighted by Gasteiger charge is 2.39. The summed E-state index contributed by atoms with van der Waals surface area (Å²) >= 11 is 3.29. The van der Waals surface area contributed by atoms with E-state index in [9.17, 15) is 22.8 Å². The summed E-state index contributed by atoms with van der Waals surface area (Å²) in [5.74, 6) is -1.28. The minimum atomic E-state index is -4.72. The molecule has 0 atom stereocenters. The number of carbonyl (C=O) groups excluding carboxylic acids is 2. The predicted octanol–water partition coefficient (Wildman–Crippen LogP) is 2.70. The van der Waals surface area contributed by atoms with Crippen LogP contribution in [-0.2, 0) is 11.0 Å². The van der Waals surface area contributed by atoms with Crippen molar-refractivity contribution in [2.45, 2.75) is 13.1 Å². The molecule has 0 aliphatic carbocycles. The molecule has 0 saturated carbocycles. The van der Waals surface area contributed by atoms with Gasteiger partial charge in [-0.3, -0.25) is 9.59 Å². The van der Waals surface area contributed by atoms with Crippen LogP contribution in [0.1, 0.15) is 22.3 Å². The minimum Gasteiger partial charge on any atom is -0.302 e. The molecule has 0 spiro atoms. The zero-order chi connectivity index (χ0) is 13.2. The number of hydrogen-bond donors (Lipinski definition) is 1. The largest absolute Gasteiger partial charge is 0.435 e. The van der Waals surface area contributed by atoms with Crippen molar-refractivity contribution >= 4 is 44.1 Å². The van der Waals surface area contributed by atoms with Gasteiger partial charge in [0.25, 0.3) is 0 Å². The van der Waals surface area contributed by atoms with Crippen molar-refractivity contribution in [3.05, 3.63) is 10.6 Å². The van der Waals surface area contributed by atoms with Crippen LogP contribution >= 0.6 is 27.3 Å². The molecule has 1 N–H and O–H groups in total. The van der Waals surface area contributed by atoms with Gasteiger partial charge < -0.3 is 5.32 Å². The van der Waals surface area contributed by atoms with Crippen LogP contribution in [0.15, 0.2) is 0 Å². The van der Waals surface area contributed by atoms with E-state index in [1.807, 2.05) is 0 Å². The molecular formula is C8H6BrF3N2O2S. The van der Waals surface area contributed by atoms with E-state index in [2.05, 4.69) is 26.2 Å². The monoisotopic (exact) mass is 330 g/mol. The Labute approximate surface area is 106 Å². The second-order valence-corrected chi connectivity index (χ2v) is 4.49. The van der Waals surface area contributed by atoms with Crippen LogP contribution in [0.25, 0.3) is 0 Å². The highest BCUT2D eigenvalue weighted by atomic mass is 79.9. The second-order valence-electron chi connectivity index (χ2n) is 2.93. The van der Waals surface area contributed by atoms with Crippen LogP contribution in [0.2, 0.25) is 0 Å². The van der Waals surface area contributed by atoms with Crippen molar-refractivity contribution in [3.8, 4) is 0 Å². The topological polar surface area (TPSA) is 59.1 Å². The Morgan fingerprint density at radius 2 is 2.06 bits per heavy atom. The number of anilines is 1. The van der Waals surface area contributed by atoms with Gasteiger partial charge in [0.15, 0.2) is 16.6 Å². The summed E-state index contributed by atoms with van der Waals surface area (Å²) in [7, 11) is 0. The fraction of sp³-hybridized carbons (Fsp3) is 0.375. The molecule has 0 bridgehead atoms. The number of Topliss-reactive ketones (excluding diaryl/α,β-unsaturated/α-hetero) is 1. The lowest BCUT2D eigenvalue weighted by atomic mass is 10.3. The first-order valence-corrected chi connectivity index (χ1v) is 6.14. The lowest BCUT2D eigenvalue weighted by molar-refractivity contribution is -0.141. The molecular weight excluding hydrogens is 325 g/mol. The van der Waals surface area contributed by atoms with Gasteiger partial charge in [-0.2, -0.15) is 13.2 Å². The lowest BCUT2D eigenvalue weighted by Crippen LogP contribution is -2.12. The molecule has 1 aromatic rings. The Morgan fingerprint density at radius 3 is 2.47 bits per heavy atom. The molecule has 0 aliphatic heterocycles. The normalized spacial score (nSPS) is 11.4. The van der Waals surface area contributed by atoms with E-state index >= 15 is 0 Å². The third-order valence-electron chi connectivity index (χ3n) is 1.55. The molecule has 0 aromatic carbocycles. The van der Waals surface area contributed by atoms with Crippen LogP contribution < -0.4 is 5.32 Å². The van der Waals surface area contributed by atoms with Crippen LogP contribution in [0.4, 0.5) is 18.3 Å². The first-order chi connectivity index (χ1) is 7.75.